The molecule has 0 unspecified atom stereocenters. The molecule has 0 aliphatic heterocycles. The van der Waals surface area contributed by atoms with Gasteiger partial charge in [0.15, 0.2) is 11.6 Å². The summed E-state index contributed by atoms with van der Waals surface area (Å²) in [6.45, 7) is 3.50. The van der Waals surface area contributed by atoms with E-state index in [2.05, 4.69) is 30.3 Å². The second-order valence-electron chi connectivity index (χ2n) is 5.89. The monoisotopic (exact) mass is 363 g/mol. The predicted octanol–water partition coefficient (Wildman–Crippen LogP) is 2.42. The van der Waals surface area contributed by atoms with E-state index in [0.29, 0.717) is 33.9 Å². The molecule has 134 valence electrons. The van der Waals surface area contributed by atoms with Gasteiger partial charge in [-0.25, -0.2) is 24.9 Å². The summed E-state index contributed by atoms with van der Waals surface area (Å²) in [5.74, 6) is -0.244. The number of hydrogen-bond donors (Lipinski definition) is 1. The summed E-state index contributed by atoms with van der Waals surface area (Å²) < 4.78 is 14.9. The Morgan fingerprint density at radius 2 is 1.85 bits per heavy atom. The molecular weight excluding hydrogens is 349 g/mol. The van der Waals surface area contributed by atoms with E-state index in [9.17, 15) is 9.18 Å². The van der Waals surface area contributed by atoms with Crippen LogP contribution in [0.4, 0.5) is 4.39 Å². The highest BCUT2D eigenvalue weighted by Gasteiger charge is 2.16. The molecule has 4 aromatic rings. The van der Waals surface area contributed by atoms with Crippen LogP contribution in [0, 0.1) is 19.8 Å². The standard InChI is InChI=1S/C18H14FN7O/c1-10-9-26(13-4-5-14(19)24-15(10)13)25-18(27)12-8-22-17(23-11(12)2)16-20-6-3-7-21-16/h3-9H,1-2H3,(H,25,27). The SMILES string of the molecule is Cc1nc(-c2ncccn2)ncc1C(=O)Nn1cc(C)c2nc(F)ccc21. The minimum Gasteiger partial charge on any atom is -0.267 e. The summed E-state index contributed by atoms with van der Waals surface area (Å²) in [7, 11) is 0. The number of aromatic nitrogens is 6. The Balaban J connectivity index is 1.64. The summed E-state index contributed by atoms with van der Waals surface area (Å²) in [5, 5.41) is 0. The number of carbonyl (C=O) groups is 1. The molecular formula is C18H14FN7O. The molecule has 9 heteroatoms. The van der Waals surface area contributed by atoms with Gasteiger partial charge in [0.05, 0.1) is 22.3 Å². The number of carbonyl (C=O) groups excluding carboxylic acids is 1. The smallest absolute Gasteiger partial charge is 0.267 e. The van der Waals surface area contributed by atoms with Crippen LogP contribution >= 0.6 is 0 Å². The predicted molar refractivity (Wildman–Crippen MR) is 95.9 cm³/mol. The van der Waals surface area contributed by atoms with Crippen molar-refractivity contribution in [2.75, 3.05) is 5.43 Å². The van der Waals surface area contributed by atoms with Crippen LogP contribution in [-0.4, -0.2) is 35.5 Å². The van der Waals surface area contributed by atoms with Gasteiger partial charge in [0.25, 0.3) is 5.91 Å². The highest BCUT2D eigenvalue weighted by atomic mass is 19.1. The molecule has 4 rings (SSSR count). The molecule has 0 saturated heterocycles. The van der Waals surface area contributed by atoms with E-state index in [4.69, 9.17) is 0 Å². The molecule has 0 fully saturated rings. The highest BCUT2D eigenvalue weighted by molar-refractivity contribution is 6.01. The highest BCUT2D eigenvalue weighted by Crippen LogP contribution is 2.18. The van der Waals surface area contributed by atoms with Gasteiger partial charge in [0.2, 0.25) is 5.95 Å². The van der Waals surface area contributed by atoms with Crippen LogP contribution in [0.15, 0.2) is 43.0 Å². The molecule has 0 saturated carbocycles. The fourth-order valence-electron chi connectivity index (χ4n) is 2.71. The number of pyridine rings is 1. The molecule has 27 heavy (non-hydrogen) atoms. The lowest BCUT2D eigenvalue weighted by atomic mass is 10.2. The van der Waals surface area contributed by atoms with Crippen molar-refractivity contribution >= 4 is 16.9 Å². The maximum Gasteiger partial charge on any atom is 0.273 e. The summed E-state index contributed by atoms with van der Waals surface area (Å²) in [6.07, 6.45) is 6.30. The lowest BCUT2D eigenvalue weighted by Gasteiger charge is -2.09. The first kappa shape index (κ1) is 16.7. The largest absolute Gasteiger partial charge is 0.273 e. The van der Waals surface area contributed by atoms with Crippen molar-refractivity contribution in [3.8, 4) is 11.6 Å². The van der Waals surface area contributed by atoms with Gasteiger partial charge < -0.3 is 0 Å². The Labute approximate surface area is 153 Å². The van der Waals surface area contributed by atoms with E-state index in [1.54, 1.807) is 44.6 Å². The molecule has 0 spiro atoms. The number of rotatable bonds is 3. The first-order chi connectivity index (χ1) is 13.0. The number of aryl methyl sites for hydroxylation is 2. The normalized spacial score (nSPS) is 10.9. The second kappa shape index (κ2) is 6.52. The van der Waals surface area contributed by atoms with E-state index in [0.717, 1.165) is 5.56 Å². The molecule has 1 amide bonds. The fraction of sp³-hybridized carbons (Fsp3) is 0.111. The summed E-state index contributed by atoms with van der Waals surface area (Å²) in [5.41, 5.74) is 5.37. The number of fused-ring (bicyclic) bond motifs is 1. The van der Waals surface area contributed by atoms with Crippen LogP contribution in [-0.2, 0) is 0 Å². The second-order valence-corrected chi connectivity index (χ2v) is 5.89. The van der Waals surface area contributed by atoms with Gasteiger partial charge in [-0.15, -0.1) is 0 Å². The average Bonchev–Trinajstić information content (AvgIpc) is 2.97. The minimum absolute atomic E-state index is 0.309. The van der Waals surface area contributed by atoms with Gasteiger partial charge in [0, 0.05) is 24.8 Å². The number of nitrogens with zero attached hydrogens (tertiary/aromatic N) is 6. The topological polar surface area (TPSA) is 98.5 Å². The molecule has 0 aliphatic carbocycles. The van der Waals surface area contributed by atoms with Gasteiger partial charge in [-0.3, -0.25) is 14.9 Å². The number of halogens is 1. The molecule has 4 aromatic heterocycles. The van der Waals surface area contributed by atoms with Crippen LogP contribution in [0.2, 0.25) is 0 Å². The van der Waals surface area contributed by atoms with Gasteiger partial charge in [-0.2, -0.15) is 4.39 Å². The zero-order valence-electron chi connectivity index (χ0n) is 14.5. The lowest BCUT2D eigenvalue weighted by molar-refractivity contribution is 0.101. The van der Waals surface area contributed by atoms with Gasteiger partial charge >= 0.3 is 0 Å². The number of hydrogen-bond acceptors (Lipinski definition) is 6. The molecule has 0 radical (unpaired) electrons. The molecule has 1 N–H and O–H groups in total. The molecule has 0 aromatic carbocycles. The Bertz CT molecular complexity index is 1160. The fourth-order valence-corrected chi connectivity index (χ4v) is 2.71. The average molecular weight is 363 g/mol. The van der Waals surface area contributed by atoms with Crippen LogP contribution in [0.1, 0.15) is 21.6 Å². The van der Waals surface area contributed by atoms with Crippen molar-refractivity contribution in [1.82, 2.24) is 29.6 Å². The lowest BCUT2D eigenvalue weighted by Crippen LogP contribution is -2.23. The molecule has 4 heterocycles. The van der Waals surface area contributed by atoms with Crippen molar-refractivity contribution < 1.29 is 9.18 Å². The van der Waals surface area contributed by atoms with E-state index in [-0.39, 0.29) is 0 Å². The van der Waals surface area contributed by atoms with E-state index >= 15 is 0 Å². The van der Waals surface area contributed by atoms with Gasteiger partial charge in [-0.05, 0) is 37.6 Å². The number of amides is 1. The first-order valence-corrected chi connectivity index (χ1v) is 8.09. The van der Waals surface area contributed by atoms with Crippen LogP contribution in [0.3, 0.4) is 0 Å². The van der Waals surface area contributed by atoms with Crippen molar-refractivity contribution in [2.45, 2.75) is 13.8 Å². The van der Waals surface area contributed by atoms with Crippen LogP contribution in [0.25, 0.3) is 22.7 Å². The van der Waals surface area contributed by atoms with Gasteiger partial charge in [-0.1, -0.05) is 0 Å². The van der Waals surface area contributed by atoms with Crippen LogP contribution in [0.5, 0.6) is 0 Å². The Hall–Kier alpha value is -3.75. The van der Waals surface area contributed by atoms with E-state index in [1.165, 1.54) is 16.9 Å². The first-order valence-electron chi connectivity index (χ1n) is 8.09. The summed E-state index contributed by atoms with van der Waals surface area (Å²) in [4.78, 5) is 33.2. The Morgan fingerprint density at radius 3 is 2.59 bits per heavy atom. The maximum absolute atomic E-state index is 13.3. The summed E-state index contributed by atoms with van der Waals surface area (Å²) >= 11 is 0. The zero-order chi connectivity index (χ0) is 19.0. The van der Waals surface area contributed by atoms with Crippen molar-refractivity contribution in [1.29, 1.82) is 0 Å². The quantitative estimate of drug-likeness (QED) is 0.561. The third kappa shape index (κ3) is 3.10. The minimum atomic E-state index is -0.572. The van der Waals surface area contributed by atoms with Crippen molar-refractivity contribution in [3.05, 3.63) is 65.8 Å². The van der Waals surface area contributed by atoms with Crippen molar-refractivity contribution in [2.24, 2.45) is 0 Å². The van der Waals surface area contributed by atoms with Gasteiger partial charge in [0.1, 0.15) is 0 Å². The van der Waals surface area contributed by atoms with E-state index < -0.39 is 11.9 Å². The van der Waals surface area contributed by atoms with Crippen molar-refractivity contribution in [3.63, 3.8) is 0 Å². The molecule has 0 atom stereocenters. The molecule has 0 bridgehead atoms. The van der Waals surface area contributed by atoms with Crippen LogP contribution < -0.4 is 5.43 Å². The molecule has 8 nitrogen and oxygen atoms in total. The summed E-state index contributed by atoms with van der Waals surface area (Å²) in [6, 6.07) is 4.50. The third-order valence-electron chi connectivity index (χ3n) is 4.01. The number of nitrogens with one attached hydrogen (secondary N) is 1. The zero-order valence-corrected chi connectivity index (χ0v) is 14.5. The molecule has 0 aliphatic rings. The third-order valence-corrected chi connectivity index (χ3v) is 4.01. The Kier molecular flexibility index (Phi) is 4.03. The maximum atomic E-state index is 13.3. The Morgan fingerprint density at radius 1 is 1.07 bits per heavy atom. The van der Waals surface area contributed by atoms with E-state index in [1.807, 2.05) is 0 Å².